The van der Waals surface area contributed by atoms with Crippen molar-refractivity contribution in [1.82, 2.24) is 19.7 Å². The van der Waals surface area contributed by atoms with Gasteiger partial charge in [0.2, 0.25) is 5.91 Å². The van der Waals surface area contributed by atoms with Gasteiger partial charge in [-0.25, -0.2) is 9.67 Å². The van der Waals surface area contributed by atoms with Crippen LogP contribution in [0, 0.1) is 5.92 Å². The molecule has 0 spiro atoms. The van der Waals surface area contributed by atoms with Gasteiger partial charge in [-0.1, -0.05) is 12.2 Å². The summed E-state index contributed by atoms with van der Waals surface area (Å²) in [5, 5.41) is 5.89. The molecule has 0 saturated carbocycles. The molecule has 2 aliphatic rings. The van der Waals surface area contributed by atoms with Crippen LogP contribution < -0.4 is 5.73 Å². The highest BCUT2D eigenvalue weighted by Gasteiger charge is 2.33. The molecule has 2 atom stereocenters. The number of fused-ring (bicyclic) bond motifs is 1. The zero-order valence-corrected chi connectivity index (χ0v) is 14.5. The van der Waals surface area contributed by atoms with Gasteiger partial charge < -0.3 is 10.6 Å². The molecule has 2 N–H and O–H groups in total. The smallest absolute Gasteiger partial charge is 0.226 e. The molecule has 1 amide bonds. The molecule has 3 heterocycles. The van der Waals surface area contributed by atoms with Crippen molar-refractivity contribution in [2.24, 2.45) is 11.7 Å². The van der Waals surface area contributed by atoms with Gasteiger partial charge in [0.05, 0.1) is 12.2 Å². The molecule has 1 saturated heterocycles. The summed E-state index contributed by atoms with van der Waals surface area (Å²) < 4.78 is 1.90. The number of amides is 1. The number of likely N-dealkylation sites (tertiary alicyclic amines) is 1. The van der Waals surface area contributed by atoms with Crippen LogP contribution in [0.5, 0.6) is 0 Å². The van der Waals surface area contributed by atoms with Crippen LogP contribution in [-0.2, 0) is 11.3 Å². The highest BCUT2D eigenvalue weighted by molar-refractivity contribution is 5.81. The van der Waals surface area contributed by atoms with Crippen LogP contribution in [0.4, 0.5) is 0 Å². The van der Waals surface area contributed by atoms with Gasteiger partial charge in [-0.15, -0.1) is 0 Å². The highest BCUT2D eigenvalue weighted by atomic mass is 16.2. The Balaban J connectivity index is 1.54. The first-order valence-corrected chi connectivity index (χ1v) is 9.23. The Morgan fingerprint density at radius 2 is 2.24 bits per heavy atom. The molecular formula is C19H25N5O. The fourth-order valence-electron chi connectivity index (χ4n) is 4.07. The van der Waals surface area contributed by atoms with E-state index in [1.807, 2.05) is 15.6 Å². The maximum absolute atomic E-state index is 12.8. The first-order valence-electron chi connectivity index (χ1n) is 9.23. The third-order valence-corrected chi connectivity index (χ3v) is 5.38. The Morgan fingerprint density at radius 3 is 3.04 bits per heavy atom. The van der Waals surface area contributed by atoms with Crippen LogP contribution in [0.15, 0.2) is 30.5 Å². The molecule has 25 heavy (non-hydrogen) atoms. The fourth-order valence-corrected chi connectivity index (χ4v) is 4.07. The second kappa shape index (κ2) is 6.96. The molecule has 2 aromatic heterocycles. The second-order valence-corrected chi connectivity index (χ2v) is 7.02. The van der Waals surface area contributed by atoms with Gasteiger partial charge in [0.1, 0.15) is 0 Å². The predicted molar refractivity (Wildman–Crippen MR) is 97.0 cm³/mol. The summed E-state index contributed by atoms with van der Waals surface area (Å²) in [6.45, 7) is 2.80. The van der Waals surface area contributed by atoms with Crippen LogP contribution in [0.2, 0.25) is 0 Å². The van der Waals surface area contributed by atoms with Gasteiger partial charge in [0.15, 0.2) is 5.65 Å². The van der Waals surface area contributed by atoms with Gasteiger partial charge in [-0.3, -0.25) is 4.79 Å². The summed E-state index contributed by atoms with van der Waals surface area (Å²) in [5.41, 5.74) is 7.67. The SMILES string of the molecule is NCCn1nc(C2CCN(C(=O)C3CC=CCC3)C2)c2cccnc21. The highest BCUT2D eigenvalue weighted by Crippen LogP contribution is 2.33. The molecule has 6 heteroatoms. The number of nitrogens with two attached hydrogens (primary N) is 1. The van der Waals surface area contributed by atoms with E-state index in [1.165, 1.54) is 0 Å². The number of carbonyl (C=O) groups excluding carboxylic acids is 1. The normalized spacial score (nSPS) is 23.5. The molecule has 1 fully saturated rings. The molecule has 2 aromatic rings. The van der Waals surface area contributed by atoms with Crippen LogP contribution in [-0.4, -0.2) is 45.2 Å². The first-order chi connectivity index (χ1) is 12.3. The fraction of sp³-hybridized carbons (Fsp3) is 0.526. The van der Waals surface area contributed by atoms with E-state index < -0.39 is 0 Å². The van der Waals surface area contributed by atoms with Crippen LogP contribution in [0.3, 0.4) is 0 Å². The van der Waals surface area contributed by atoms with Crippen molar-refractivity contribution in [3.8, 4) is 0 Å². The zero-order chi connectivity index (χ0) is 17.2. The van der Waals surface area contributed by atoms with Crippen molar-refractivity contribution in [2.75, 3.05) is 19.6 Å². The maximum atomic E-state index is 12.8. The average Bonchev–Trinajstić information content (AvgIpc) is 3.28. The molecule has 6 nitrogen and oxygen atoms in total. The third kappa shape index (κ3) is 3.06. The lowest BCUT2D eigenvalue weighted by Gasteiger charge is -2.24. The van der Waals surface area contributed by atoms with Crippen LogP contribution >= 0.6 is 0 Å². The molecule has 0 radical (unpaired) electrons. The summed E-state index contributed by atoms with van der Waals surface area (Å²) in [7, 11) is 0. The monoisotopic (exact) mass is 339 g/mol. The number of allylic oxidation sites excluding steroid dienone is 2. The maximum Gasteiger partial charge on any atom is 0.226 e. The average molecular weight is 339 g/mol. The number of hydrogen-bond acceptors (Lipinski definition) is 4. The molecular weight excluding hydrogens is 314 g/mol. The summed E-state index contributed by atoms with van der Waals surface area (Å²) in [6, 6.07) is 4.03. The van der Waals surface area contributed by atoms with E-state index in [2.05, 4.69) is 23.2 Å². The largest absolute Gasteiger partial charge is 0.342 e. The van der Waals surface area contributed by atoms with E-state index in [-0.39, 0.29) is 11.8 Å². The number of pyridine rings is 1. The van der Waals surface area contributed by atoms with E-state index in [0.29, 0.717) is 19.0 Å². The summed E-state index contributed by atoms with van der Waals surface area (Å²) in [5.74, 6) is 0.765. The van der Waals surface area contributed by atoms with Gasteiger partial charge >= 0.3 is 0 Å². The topological polar surface area (TPSA) is 77.0 Å². The Labute approximate surface area is 147 Å². The number of aromatic nitrogens is 3. The van der Waals surface area contributed by atoms with E-state index >= 15 is 0 Å². The molecule has 132 valence electrons. The van der Waals surface area contributed by atoms with E-state index in [0.717, 1.165) is 55.5 Å². The van der Waals surface area contributed by atoms with Gasteiger partial charge in [-0.2, -0.15) is 5.10 Å². The van der Waals surface area contributed by atoms with Gasteiger partial charge in [0, 0.05) is 43.1 Å². The van der Waals surface area contributed by atoms with E-state index in [1.54, 1.807) is 6.20 Å². The Kier molecular flexibility index (Phi) is 4.53. The minimum Gasteiger partial charge on any atom is -0.342 e. The molecule has 1 aliphatic heterocycles. The quantitative estimate of drug-likeness (QED) is 0.865. The van der Waals surface area contributed by atoms with Gasteiger partial charge in [0.25, 0.3) is 0 Å². The lowest BCUT2D eigenvalue weighted by atomic mass is 9.93. The Hall–Kier alpha value is -2.21. The van der Waals surface area contributed by atoms with E-state index in [9.17, 15) is 4.79 Å². The minimum atomic E-state index is 0.164. The van der Waals surface area contributed by atoms with E-state index in [4.69, 9.17) is 10.8 Å². The number of hydrogen-bond donors (Lipinski definition) is 1. The van der Waals surface area contributed by atoms with Crippen molar-refractivity contribution in [3.05, 3.63) is 36.2 Å². The third-order valence-electron chi connectivity index (χ3n) is 5.38. The number of nitrogens with zero attached hydrogens (tertiary/aromatic N) is 4. The zero-order valence-electron chi connectivity index (χ0n) is 14.5. The first kappa shape index (κ1) is 16.3. The molecule has 0 aromatic carbocycles. The summed E-state index contributed by atoms with van der Waals surface area (Å²) in [6.07, 6.45) is 9.98. The lowest BCUT2D eigenvalue weighted by molar-refractivity contribution is -0.134. The predicted octanol–water partition coefficient (Wildman–Crippen LogP) is 2.06. The van der Waals surface area contributed by atoms with Crippen molar-refractivity contribution >= 4 is 16.9 Å². The molecule has 0 bridgehead atoms. The van der Waals surface area contributed by atoms with Crippen molar-refractivity contribution in [1.29, 1.82) is 0 Å². The number of carbonyl (C=O) groups is 1. The van der Waals surface area contributed by atoms with Crippen molar-refractivity contribution in [3.63, 3.8) is 0 Å². The number of rotatable bonds is 4. The van der Waals surface area contributed by atoms with Crippen LogP contribution in [0.25, 0.3) is 11.0 Å². The van der Waals surface area contributed by atoms with Crippen molar-refractivity contribution in [2.45, 2.75) is 38.1 Å². The Bertz CT molecular complexity index is 796. The second-order valence-electron chi connectivity index (χ2n) is 7.02. The molecule has 2 unspecified atom stereocenters. The van der Waals surface area contributed by atoms with Crippen LogP contribution in [0.1, 0.15) is 37.3 Å². The van der Waals surface area contributed by atoms with Gasteiger partial charge in [-0.05, 0) is 37.8 Å². The lowest BCUT2D eigenvalue weighted by Crippen LogP contribution is -2.34. The van der Waals surface area contributed by atoms with Crippen molar-refractivity contribution < 1.29 is 4.79 Å². The minimum absolute atomic E-state index is 0.164. The summed E-state index contributed by atoms with van der Waals surface area (Å²) >= 11 is 0. The summed E-state index contributed by atoms with van der Waals surface area (Å²) in [4.78, 5) is 19.3. The Morgan fingerprint density at radius 1 is 1.32 bits per heavy atom. The molecule has 1 aliphatic carbocycles. The molecule has 4 rings (SSSR count). The standard InChI is InChI=1S/C19H25N5O/c20-9-12-24-18-16(7-4-10-21-18)17(22-24)15-8-11-23(13-15)19(25)14-5-2-1-3-6-14/h1-2,4,7,10,14-15H,3,5-6,8-9,11-13,20H2.